The van der Waals surface area contributed by atoms with Crippen LogP contribution in [-0.2, 0) is 9.59 Å². The van der Waals surface area contributed by atoms with Crippen LogP contribution >= 0.6 is 15.9 Å². The van der Waals surface area contributed by atoms with Gasteiger partial charge in [-0.3, -0.25) is 14.9 Å². The van der Waals surface area contributed by atoms with Gasteiger partial charge in [0, 0.05) is 5.57 Å². The highest BCUT2D eigenvalue weighted by Crippen LogP contribution is 2.27. The van der Waals surface area contributed by atoms with Crippen LogP contribution in [-0.4, -0.2) is 18.9 Å². The number of hydrogen-bond donors (Lipinski definition) is 1. The largest absolute Gasteiger partial charge is 0.496 e. The summed E-state index contributed by atoms with van der Waals surface area (Å²) in [6, 6.07) is 5.46. The van der Waals surface area contributed by atoms with Crippen molar-refractivity contribution in [3.63, 3.8) is 0 Å². The first kappa shape index (κ1) is 11.9. The lowest BCUT2D eigenvalue weighted by Crippen LogP contribution is -2.19. The van der Waals surface area contributed by atoms with Gasteiger partial charge in [-0.1, -0.05) is 6.07 Å². The third-order valence-electron chi connectivity index (χ3n) is 2.41. The molecule has 0 atom stereocenters. The Labute approximate surface area is 107 Å². The van der Waals surface area contributed by atoms with Gasteiger partial charge in [-0.25, -0.2) is 0 Å². The van der Waals surface area contributed by atoms with Gasteiger partial charge in [-0.05, 0) is 39.7 Å². The van der Waals surface area contributed by atoms with Crippen molar-refractivity contribution in [2.45, 2.75) is 6.42 Å². The van der Waals surface area contributed by atoms with Crippen molar-refractivity contribution in [3.05, 3.63) is 33.8 Å². The number of amides is 2. The van der Waals surface area contributed by atoms with E-state index in [-0.39, 0.29) is 18.2 Å². The third-order valence-corrected chi connectivity index (χ3v) is 3.03. The van der Waals surface area contributed by atoms with Crippen molar-refractivity contribution < 1.29 is 14.3 Å². The van der Waals surface area contributed by atoms with Crippen LogP contribution in [0, 0.1) is 0 Å². The summed E-state index contributed by atoms with van der Waals surface area (Å²) in [6.45, 7) is 0. The fraction of sp³-hybridized carbons (Fsp3) is 0.167. The van der Waals surface area contributed by atoms with Crippen molar-refractivity contribution >= 4 is 33.8 Å². The van der Waals surface area contributed by atoms with E-state index in [0.29, 0.717) is 5.57 Å². The van der Waals surface area contributed by atoms with E-state index in [2.05, 4.69) is 21.2 Å². The summed E-state index contributed by atoms with van der Waals surface area (Å²) in [5.41, 5.74) is 1.32. The third kappa shape index (κ3) is 2.55. The summed E-state index contributed by atoms with van der Waals surface area (Å²) < 4.78 is 5.91. The molecule has 1 heterocycles. The number of benzene rings is 1. The summed E-state index contributed by atoms with van der Waals surface area (Å²) >= 11 is 3.36. The highest BCUT2D eigenvalue weighted by atomic mass is 79.9. The minimum absolute atomic E-state index is 0.141. The molecule has 2 amide bonds. The monoisotopic (exact) mass is 295 g/mol. The summed E-state index contributed by atoms with van der Waals surface area (Å²) in [5, 5.41) is 2.24. The van der Waals surface area contributed by atoms with E-state index in [1.165, 1.54) is 0 Å². The lowest BCUT2D eigenvalue weighted by molar-refractivity contribution is -0.124. The Morgan fingerprint density at radius 2 is 2.18 bits per heavy atom. The average molecular weight is 296 g/mol. The van der Waals surface area contributed by atoms with Crippen LogP contribution in [0.25, 0.3) is 6.08 Å². The lowest BCUT2D eigenvalue weighted by Gasteiger charge is -2.03. The molecule has 0 unspecified atom stereocenters. The van der Waals surface area contributed by atoms with E-state index >= 15 is 0 Å². The minimum Gasteiger partial charge on any atom is -0.496 e. The van der Waals surface area contributed by atoms with E-state index < -0.39 is 0 Å². The SMILES string of the molecule is COc1ccc(C=C2CC(=O)NC2=O)cc1Br. The Bertz CT molecular complexity index is 522. The highest BCUT2D eigenvalue weighted by molar-refractivity contribution is 9.10. The molecule has 1 aliphatic rings. The maximum absolute atomic E-state index is 11.4. The molecule has 1 fully saturated rings. The second kappa shape index (κ2) is 4.71. The number of ether oxygens (including phenoxy) is 1. The zero-order valence-corrected chi connectivity index (χ0v) is 10.7. The van der Waals surface area contributed by atoms with Crippen LogP contribution in [0.1, 0.15) is 12.0 Å². The van der Waals surface area contributed by atoms with Gasteiger partial charge in [-0.2, -0.15) is 0 Å². The van der Waals surface area contributed by atoms with Gasteiger partial charge in [0.2, 0.25) is 5.91 Å². The van der Waals surface area contributed by atoms with Crippen molar-refractivity contribution in [1.82, 2.24) is 5.32 Å². The first-order chi connectivity index (χ1) is 8.10. The van der Waals surface area contributed by atoms with Crippen molar-refractivity contribution in [2.75, 3.05) is 7.11 Å². The summed E-state index contributed by atoms with van der Waals surface area (Å²) in [7, 11) is 1.58. The molecule has 0 saturated carbocycles. The van der Waals surface area contributed by atoms with Gasteiger partial charge in [0.1, 0.15) is 5.75 Å². The second-order valence-electron chi connectivity index (χ2n) is 3.62. The molecule has 1 saturated heterocycles. The lowest BCUT2D eigenvalue weighted by atomic mass is 10.1. The van der Waals surface area contributed by atoms with Crippen molar-refractivity contribution in [1.29, 1.82) is 0 Å². The van der Waals surface area contributed by atoms with E-state index in [9.17, 15) is 9.59 Å². The average Bonchev–Trinajstić information content (AvgIpc) is 2.58. The van der Waals surface area contributed by atoms with E-state index in [1.807, 2.05) is 12.1 Å². The first-order valence-electron chi connectivity index (χ1n) is 4.98. The molecule has 0 spiro atoms. The number of hydrogen-bond acceptors (Lipinski definition) is 3. The number of methoxy groups -OCH3 is 1. The Kier molecular flexibility index (Phi) is 3.28. The number of carbonyl (C=O) groups is 2. The van der Waals surface area contributed by atoms with Crippen LogP contribution in [0.15, 0.2) is 28.2 Å². The molecular formula is C12H10BrNO3. The van der Waals surface area contributed by atoms with Gasteiger partial charge in [0.25, 0.3) is 5.91 Å². The topological polar surface area (TPSA) is 55.4 Å². The second-order valence-corrected chi connectivity index (χ2v) is 4.47. The van der Waals surface area contributed by atoms with Crippen LogP contribution in [0.2, 0.25) is 0 Å². The standard InChI is InChI=1S/C12H10BrNO3/c1-17-10-3-2-7(5-9(10)13)4-8-6-11(15)14-12(8)16/h2-5H,6H2,1H3,(H,14,15,16). The van der Waals surface area contributed by atoms with Gasteiger partial charge >= 0.3 is 0 Å². The zero-order valence-electron chi connectivity index (χ0n) is 9.12. The number of rotatable bonds is 2. The van der Waals surface area contributed by atoms with Gasteiger partial charge in [0.05, 0.1) is 18.0 Å². The predicted molar refractivity (Wildman–Crippen MR) is 66.4 cm³/mol. The molecule has 1 aromatic carbocycles. The molecule has 0 bridgehead atoms. The highest BCUT2D eigenvalue weighted by Gasteiger charge is 2.23. The number of nitrogens with one attached hydrogen (secondary N) is 1. The van der Waals surface area contributed by atoms with Gasteiger partial charge < -0.3 is 4.74 Å². The number of carbonyl (C=O) groups excluding carboxylic acids is 2. The van der Waals surface area contributed by atoms with E-state index in [0.717, 1.165) is 15.8 Å². The zero-order chi connectivity index (χ0) is 12.4. The summed E-state index contributed by atoms with van der Waals surface area (Å²) in [5.74, 6) is 0.148. The molecule has 88 valence electrons. The fourth-order valence-corrected chi connectivity index (χ4v) is 2.15. The molecule has 0 aliphatic carbocycles. The van der Waals surface area contributed by atoms with Crippen LogP contribution in [0.4, 0.5) is 0 Å². The Morgan fingerprint density at radius 3 is 2.71 bits per heavy atom. The summed E-state index contributed by atoms with van der Waals surface area (Å²) in [6.07, 6.45) is 1.84. The van der Waals surface area contributed by atoms with Gasteiger partial charge in [0.15, 0.2) is 0 Å². The summed E-state index contributed by atoms with van der Waals surface area (Å²) in [4.78, 5) is 22.4. The molecule has 1 aliphatic heterocycles. The molecule has 1 N–H and O–H groups in total. The number of imide groups is 1. The van der Waals surface area contributed by atoms with E-state index in [4.69, 9.17) is 4.74 Å². The predicted octanol–water partition coefficient (Wildman–Crippen LogP) is 1.89. The Hall–Kier alpha value is -1.62. The molecule has 17 heavy (non-hydrogen) atoms. The molecule has 2 rings (SSSR count). The molecular weight excluding hydrogens is 286 g/mol. The smallest absolute Gasteiger partial charge is 0.254 e. The van der Waals surface area contributed by atoms with Crippen molar-refractivity contribution in [2.24, 2.45) is 0 Å². The van der Waals surface area contributed by atoms with Crippen LogP contribution in [0.5, 0.6) is 5.75 Å². The number of halogens is 1. The maximum atomic E-state index is 11.4. The normalized spacial score (nSPS) is 17.4. The molecule has 4 nitrogen and oxygen atoms in total. The van der Waals surface area contributed by atoms with Crippen LogP contribution < -0.4 is 10.1 Å². The molecule has 0 aromatic heterocycles. The first-order valence-corrected chi connectivity index (χ1v) is 5.78. The molecule has 5 heteroatoms. The Morgan fingerprint density at radius 1 is 1.41 bits per heavy atom. The quantitative estimate of drug-likeness (QED) is 0.670. The van der Waals surface area contributed by atoms with Crippen molar-refractivity contribution in [3.8, 4) is 5.75 Å². The fourth-order valence-electron chi connectivity index (χ4n) is 1.59. The minimum atomic E-state index is -0.318. The van der Waals surface area contributed by atoms with Crippen LogP contribution in [0.3, 0.4) is 0 Å². The van der Waals surface area contributed by atoms with E-state index in [1.54, 1.807) is 19.3 Å². The molecule has 1 aromatic rings. The Balaban J connectivity index is 2.30. The van der Waals surface area contributed by atoms with Gasteiger partial charge in [-0.15, -0.1) is 0 Å². The molecule has 0 radical (unpaired) electrons. The maximum Gasteiger partial charge on any atom is 0.254 e.